The second-order valence-electron chi connectivity index (χ2n) is 4.41. The fraction of sp³-hybridized carbons (Fsp3) is 0.286. The Labute approximate surface area is 131 Å². The maximum Gasteiger partial charge on any atom is 0.321 e. The second-order valence-corrected chi connectivity index (χ2v) is 5.46. The van der Waals surface area contributed by atoms with Crippen molar-refractivity contribution in [3.8, 4) is 11.5 Å². The van der Waals surface area contributed by atoms with Crippen LogP contribution < -0.4 is 10.6 Å². The number of imide groups is 1. The molecule has 2 N–H and O–H groups in total. The molecule has 0 aliphatic rings. The van der Waals surface area contributed by atoms with E-state index in [1.165, 1.54) is 18.8 Å². The van der Waals surface area contributed by atoms with Crippen LogP contribution in [-0.4, -0.2) is 34.9 Å². The monoisotopic (exact) mass is 320 g/mol. The zero-order valence-electron chi connectivity index (χ0n) is 12.3. The summed E-state index contributed by atoms with van der Waals surface area (Å²) >= 11 is 1.27. The van der Waals surface area contributed by atoms with Crippen LogP contribution in [0.15, 0.2) is 33.9 Å². The lowest BCUT2D eigenvalue weighted by Crippen LogP contribution is -2.37. The molecule has 8 heteroatoms. The van der Waals surface area contributed by atoms with Crippen LogP contribution >= 0.6 is 11.8 Å². The van der Waals surface area contributed by atoms with Crippen LogP contribution in [0.5, 0.6) is 0 Å². The molecule has 0 spiro atoms. The molecule has 0 radical (unpaired) electrons. The third kappa shape index (κ3) is 4.32. The minimum absolute atomic E-state index is 0.181. The molecule has 0 unspecified atom stereocenters. The number of thioether (sulfide) groups is 1. The van der Waals surface area contributed by atoms with E-state index >= 15 is 0 Å². The van der Waals surface area contributed by atoms with Crippen LogP contribution in [0.1, 0.15) is 12.0 Å². The summed E-state index contributed by atoms with van der Waals surface area (Å²) in [5.74, 6) is 0.541. The van der Waals surface area contributed by atoms with E-state index in [9.17, 15) is 9.59 Å². The van der Waals surface area contributed by atoms with Gasteiger partial charge in [-0.3, -0.25) is 10.1 Å². The molecule has 0 bridgehead atoms. The zero-order chi connectivity index (χ0) is 15.9. The first-order chi connectivity index (χ1) is 10.6. The Kier molecular flexibility index (Phi) is 5.54. The van der Waals surface area contributed by atoms with E-state index in [-0.39, 0.29) is 12.3 Å². The van der Waals surface area contributed by atoms with E-state index in [1.54, 1.807) is 0 Å². The standard InChI is InChI=1S/C14H16N4O3S/c1-9-5-3-4-6-10(9)12-17-18-14(21-12)22-8-7-11(19)16-13(20)15-2/h3-6H,7-8H2,1-2H3,(H2,15,16,19,20). The highest BCUT2D eigenvalue weighted by molar-refractivity contribution is 7.99. The molecule has 2 aromatic rings. The van der Waals surface area contributed by atoms with E-state index in [4.69, 9.17) is 4.42 Å². The van der Waals surface area contributed by atoms with Crippen molar-refractivity contribution in [2.75, 3.05) is 12.8 Å². The number of rotatable bonds is 5. The summed E-state index contributed by atoms with van der Waals surface area (Å²) < 4.78 is 5.56. The molecular formula is C14H16N4O3S. The Morgan fingerprint density at radius 1 is 1.27 bits per heavy atom. The first kappa shape index (κ1) is 16.0. The first-order valence-electron chi connectivity index (χ1n) is 6.64. The zero-order valence-corrected chi connectivity index (χ0v) is 13.1. The van der Waals surface area contributed by atoms with Crippen LogP contribution in [0.3, 0.4) is 0 Å². The summed E-state index contributed by atoms with van der Waals surface area (Å²) in [6.07, 6.45) is 0.181. The number of hydrogen-bond donors (Lipinski definition) is 2. The van der Waals surface area contributed by atoms with Crippen molar-refractivity contribution >= 4 is 23.7 Å². The Hall–Kier alpha value is -2.35. The molecule has 0 saturated carbocycles. The van der Waals surface area contributed by atoms with Gasteiger partial charge < -0.3 is 9.73 Å². The summed E-state index contributed by atoms with van der Waals surface area (Å²) in [6.45, 7) is 1.97. The van der Waals surface area contributed by atoms with Crippen LogP contribution in [0.4, 0.5) is 4.79 Å². The van der Waals surface area contributed by atoms with Crippen molar-refractivity contribution in [1.29, 1.82) is 0 Å². The summed E-state index contributed by atoms with van der Waals surface area (Å²) in [7, 11) is 1.45. The molecule has 0 atom stereocenters. The highest BCUT2D eigenvalue weighted by Gasteiger charge is 2.12. The summed E-state index contributed by atoms with van der Waals surface area (Å²) in [5, 5.41) is 12.8. The van der Waals surface area contributed by atoms with Gasteiger partial charge in [0.1, 0.15) is 0 Å². The van der Waals surface area contributed by atoms with Crippen LogP contribution in [-0.2, 0) is 4.79 Å². The van der Waals surface area contributed by atoms with Crippen molar-refractivity contribution in [1.82, 2.24) is 20.8 Å². The van der Waals surface area contributed by atoms with Gasteiger partial charge in [0.05, 0.1) is 0 Å². The van der Waals surface area contributed by atoms with Gasteiger partial charge in [-0.25, -0.2) is 4.79 Å². The van der Waals surface area contributed by atoms with E-state index in [1.807, 2.05) is 31.2 Å². The minimum atomic E-state index is -0.519. The molecule has 116 valence electrons. The Balaban J connectivity index is 1.87. The van der Waals surface area contributed by atoms with E-state index < -0.39 is 6.03 Å². The van der Waals surface area contributed by atoms with E-state index in [0.717, 1.165) is 11.1 Å². The predicted octanol–water partition coefficient (Wildman–Crippen LogP) is 1.98. The summed E-state index contributed by atoms with van der Waals surface area (Å²) in [5.41, 5.74) is 1.94. The minimum Gasteiger partial charge on any atom is -0.411 e. The van der Waals surface area contributed by atoms with Gasteiger partial charge in [0, 0.05) is 24.8 Å². The average molecular weight is 320 g/mol. The number of benzene rings is 1. The number of carbonyl (C=O) groups excluding carboxylic acids is 2. The molecule has 22 heavy (non-hydrogen) atoms. The molecule has 7 nitrogen and oxygen atoms in total. The number of carbonyl (C=O) groups is 2. The number of aryl methyl sites for hydroxylation is 1. The third-order valence-corrected chi connectivity index (χ3v) is 3.64. The number of nitrogens with one attached hydrogen (secondary N) is 2. The normalized spacial score (nSPS) is 10.3. The van der Waals surface area contributed by atoms with Gasteiger partial charge in [0.25, 0.3) is 5.22 Å². The number of urea groups is 1. The fourth-order valence-electron chi connectivity index (χ4n) is 1.67. The van der Waals surface area contributed by atoms with Crippen LogP contribution in [0, 0.1) is 6.92 Å². The van der Waals surface area contributed by atoms with Crippen molar-refractivity contribution in [2.45, 2.75) is 18.6 Å². The lowest BCUT2D eigenvalue weighted by atomic mass is 10.1. The smallest absolute Gasteiger partial charge is 0.321 e. The largest absolute Gasteiger partial charge is 0.411 e. The number of aromatic nitrogens is 2. The first-order valence-corrected chi connectivity index (χ1v) is 7.62. The van der Waals surface area contributed by atoms with Crippen molar-refractivity contribution in [2.24, 2.45) is 0 Å². The van der Waals surface area contributed by atoms with Crippen LogP contribution in [0.2, 0.25) is 0 Å². The molecule has 0 aliphatic carbocycles. The number of hydrogen-bond acceptors (Lipinski definition) is 6. The summed E-state index contributed by atoms with van der Waals surface area (Å²) in [6, 6.07) is 7.21. The lowest BCUT2D eigenvalue weighted by Gasteiger charge is -2.01. The molecule has 2 rings (SSSR count). The SMILES string of the molecule is CNC(=O)NC(=O)CCSc1nnc(-c2ccccc2C)o1. The van der Waals surface area contributed by atoms with Crippen molar-refractivity contribution in [3.05, 3.63) is 29.8 Å². The van der Waals surface area contributed by atoms with Crippen LogP contribution in [0.25, 0.3) is 11.5 Å². The van der Waals surface area contributed by atoms with Gasteiger partial charge in [-0.1, -0.05) is 30.0 Å². The molecule has 1 heterocycles. The third-order valence-electron chi connectivity index (χ3n) is 2.82. The Morgan fingerprint density at radius 2 is 2.05 bits per heavy atom. The van der Waals surface area contributed by atoms with E-state index in [2.05, 4.69) is 20.8 Å². The molecule has 1 aromatic carbocycles. The lowest BCUT2D eigenvalue weighted by molar-refractivity contribution is -0.119. The van der Waals surface area contributed by atoms with Gasteiger partial charge in [-0.05, 0) is 18.6 Å². The quantitative estimate of drug-likeness (QED) is 0.818. The van der Waals surface area contributed by atoms with Gasteiger partial charge in [0.2, 0.25) is 11.8 Å². The highest BCUT2D eigenvalue weighted by Crippen LogP contribution is 2.25. The average Bonchev–Trinajstić information content (AvgIpc) is 2.96. The van der Waals surface area contributed by atoms with Gasteiger partial charge in [-0.2, -0.15) is 0 Å². The second kappa shape index (κ2) is 7.60. The molecule has 0 aliphatic heterocycles. The fourth-order valence-corrected chi connectivity index (χ4v) is 2.37. The summed E-state index contributed by atoms with van der Waals surface area (Å²) in [4.78, 5) is 22.4. The highest BCUT2D eigenvalue weighted by atomic mass is 32.2. The number of nitrogens with zero attached hydrogens (tertiary/aromatic N) is 2. The maximum atomic E-state index is 11.4. The van der Waals surface area contributed by atoms with Crippen molar-refractivity contribution < 1.29 is 14.0 Å². The Bertz CT molecular complexity index is 672. The molecule has 3 amide bonds. The van der Waals surface area contributed by atoms with Crippen molar-refractivity contribution in [3.63, 3.8) is 0 Å². The molecule has 1 aromatic heterocycles. The molecule has 0 saturated heterocycles. The van der Waals surface area contributed by atoms with E-state index in [0.29, 0.717) is 16.9 Å². The Morgan fingerprint density at radius 3 is 2.77 bits per heavy atom. The van der Waals surface area contributed by atoms with Gasteiger partial charge >= 0.3 is 6.03 Å². The van der Waals surface area contributed by atoms with Gasteiger partial charge in [-0.15, -0.1) is 10.2 Å². The topological polar surface area (TPSA) is 97.1 Å². The molecular weight excluding hydrogens is 304 g/mol. The van der Waals surface area contributed by atoms with Gasteiger partial charge in [0.15, 0.2) is 0 Å². The predicted molar refractivity (Wildman–Crippen MR) is 82.4 cm³/mol. The number of amides is 3. The molecule has 0 fully saturated rings. The maximum absolute atomic E-state index is 11.4.